The molecule has 1 saturated heterocycles. The van der Waals surface area contributed by atoms with Crippen molar-refractivity contribution in [2.75, 3.05) is 29.4 Å². The SMILES string of the molecule is C[C@@H]1CN(c2nc(Cl)nc3c2CCC(N2CCCc4ccccc42)C3)[C@@H](C)CN1C(=O)O. The summed E-state index contributed by atoms with van der Waals surface area (Å²) in [5.74, 6) is 0.891. The van der Waals surface area contributed by atoms with Gasteiger partial charge in [-0.2, -0.15) is 0 Å². The van der Waals surface area contributed by atoms with Crippen LogP contribution >= 0.6 is 11.6 Å². The Hall–Kier alpha value is -2.54. The molecule has 0 bridgehead atoms. The second-order valence-electron chi connectivity index (χ2n) is 9.35. The first-order chi connectivity index (χ1) is 15.4. The molecule has 1 aliphatic carbocycles. The fourth-order valence-electron chi connectivity index (χ4n) is 5.68. The summed E-state index contributed by atoms with van der Waals surface area (Å²) in [6, 6.07) is 9.08. The molecule has 3 atom stereocenters. The lowest BCUT2D eigenvalue weighted by Gasteiger charge is -2.45. The maximum atomic E-state index is 11.6. The van der Waals surface area contributed by atoms with Gasteiger partial charge in [0.05, 0.1) is 5.69 Å². The summed E-state index contributed by atoms with van der Waals surface area (Å²) in [6.45, 7) is 6.15. The molecule has 1 unspecified atom stereocenters. The van der Waals surface area contributed by atoms with Crippen molar-refractivity contribution in [2.24, 2.45) is 0 Å². The number of carboxylic acid groups (broad SMARTS) is 1. The molecule has 170 valence electrons. The quantitative estimate of drug-likeness (QED) is 0.689. The van der Waals surface area contributed by atoms with Crippen LogP contribution in [-0.2, 0) is 19.3 Å². The Labute approximate surface area is 194 Å². The number of para-hydroxylation sites is 1. The number of aromatic nitrogens is 2. The number of benzene rings is 1. The van der Waals surface area contributed by atoms with Crippen LogP contribution < -0.4 is 9.80 Å². The van der Waals surface area contributed by atoms with Gasteiger partial charge in [-0.1, -0.05) is 18.2 Å². The Morgan fingerprint density at radius 2 is 1.91 bits per heavy atom. The summed E-state index contributed by atoms with van der Waals surface area (Å²) < 4.78 is 0. The number of hydrogen-bond donors (Lipinski definition) is 1. The number of carbonyl (C=O) groups is 1. The number of amides is 1. The Morgan fingerprint density at radius 3 is 2.72 bits per heavy atom. The standard InChI is InChI=1S/C24H30ClN5O2/c1-15-14-30(24(31)32)16(2)13-29(15)22-19-10-9-18(12-20(19)26-23(25)27-22)28-11-5-7-17-6-3-4-8-21(17)28/h3-4,6,8,15-16,18H,5,7,9-14H2,1-2H3,(H,31,32)/t15-,16+,18?/m0/s1. The monoisotopic (exact) mass is 455 g/mol. The highest BCUT2D eigenvalue weighted by atomic mass is 35.5. The molecule has 2 aliphatic heterocycles. The van der Waals surface area contributed by atoms with Gasteiger partial charge in [-0.05, 0) is 62.8 Å². The maximum absolute atomic E-state index is 11.6. The first-order valence-electron chi connectivity index (χ1n) is 11.6. The largest absolute Gasteiger partial charge is 0.465 e. The van der Waals surface area contributed by atoms with Gasteiger partial charge in [0, 0.05) is 55.4 Å². The molecule has 0 radical (unpaired) electrons. The van der Waals surface area contributed by atoms with E-state index in [0.717, 1.165) is 43.7 Å². The fourth-order valence-corrected chi connectivity index (χ4v) is 5.86. The van der Waals surface area contributed by atoms with E-state index in [1.165, 1.54) is 28.1 Å². The second kappa shape index (κ2) is 8.43. The predicted molar refractivity (Wildman–Crippen MR) is 126 cm³/mol. The Morgan fingerprint density at radius 1 is 1.09 bits per heavy atom. The lowest BCUT2D eigenvalue weighted by Crippen LogP contribution is -2.58. The van der Waals surface area contributed by atoms with Crippen LogP contribution in [-0.4, -0.2) is 63.8 Å². The summed E-state index contributed by atoms with van der Waals surface area (Å²) in [7, 11) is 0. The fraction of sp³-hybridized carbons (Fsp3) is 0.542. The van der Waals surface area contributed by atoms with Crippen LogP contribution in [0.5, 0.6) is 0 Å². The number of nitrogens with zero attached hydrogens (tertiary/aromatic N) is 5. The van der Waals surface area contributed by atoms with Crippen molar-refractivity contribution < 1.29 is 9.90 Å². The predicted octanol–water partition coefficient (Wildman–Crippen LogP) is 4.02. The average Bonchev–Trinajstić information content (AvgIpc) is 2.78. The molecule has 8 heteroatoms. The maximum Gasteiger partial charge on any atom is 0.407 e. The first kappa shape index (κ1) is 21.3. The van der Waals surface area contributed by atoms with Crippen LogP contribution in [0.3, 0.4) is 0 Å². The number of rotatable bonds is 2. The van der Waals surface area contributed by atoms with Crippen LogP contribution in [0.1, 0.15) is 43.5 Å². The van der Waals surface area contributed by atoms with Crippen molar-refractivity contribution in [3.8, 4) is 0 Å². The summed E-state index contributed by atoms with van der Waals surface area (Å²) in [6.07, 6.45) is 4.28. The lowest BCUT2D eigenvalue weighted by atomic mass is 9.88. The molecular formula is C24H30ClN5O2. The number of hydrogen-bond acceptors (Lipinski definition) is 5. The highest BCUT2D eigenvalue weighted by Crippen LogP contribution is 2.36. The van der Waals surface area contributed by atoms with Crippen molar-refractivity contribution in [2.45, 2.75) is 64.1 Å². The van der Waals surface area contributed by atoms with Crippen molar-refractivity contribution in [3.05, 3.63) is 46.4 Å². The van der Waals surface area contributed by atoms with Gasteiger partial charge in [-0.25, -0.2) is 14.8 Å². The van der Waals surface area contributed by atoms with Crippen molar-refractivity contribution in [1.82, 2.24) is 14.9 Å². The molecule has 2 aromatic rings. The molecule has 1 aromatic carbocycles. The highest BCUT2D eigenvalue weighted by molar-refractivity contribution is 6.28. The smallest absolute Gasteiger partial charge is 0.407 e. The third kappa shape index (κ3) is 3.76. The summed E-state index contributed by atoms with van der Waals surface area (Å²) in [5.41, 5.74) is 5.02. The molecule has 7 nitrogen and oxygen atoms in total. The van der Waals surface area contributed by atoms with Crippen molar-refractivity contribution in [1.29, 1.82) is 0 Å². The number of piperazine rings is 1. The molecule has 3 aliphatic rings. The van der Waals surface area contributed by atoms with E-state index in [1.54, 1.807) is 0 Å². The molecule has 1 amide bonds. The third-order valence-corrected chi connectivity index (χ3v) is 7.46. The molecule has 5 rings (SSSR count). The number of fused-ring (bicyclic) bond motifs is 2. The zero-order valence-corrected chi connectivity index (χ0v) is 19.4. The van der Waals surface area contributed by atoms with Crippen molar-refractivity contribution in [3.63, 3.8) is 0 Å². The van der Waals surface area contributed by atoms with E-state index in [1.807, 2.05) is 6.92 Å². The van der Waals surface area contributed by atoms with E-state index in [2.05, 4.69) is 51.0 Å². The van der Waals surface area contributed by atoms with Gasteiger partial charge >= 0.3 is 6.09 Å². The lowest BCUT2D eigenvalue weighted by molar-refractivity contribution is 0.114. The molecule has 3 heterocycles. The molecule has 0 saturated carbocycles. The van der Waals surface area contributed by atoms with Gasteiger partial charge < -0.3 is 19.8 Å². The van der Waals surface area contributed by atoms with E-state index in [-0.39, 0.29) is 17.4 Å². The van der Waals surface area contributed by atoms with E-state index < -0.39 is 6.09 Å². The van der Waals surface area contributed by atoms with Gasteiger partial charge in [0.2, 0.25) is 5.28 Å². The topological polar surface area (TPSA) is 72.8 Å². The molecular weight excluding hydrogens is 426 g/mol. The zero-order chi connectivity index (χ0) is 22.4. The zero-order valence-electron chi connectivity index (χ0n) is 18.7. The van der Waals surface area contributed by atoms with Gasteiger partial charge in [0.15, 0.2) is 0 Å². The van der Waals surface area contributed by atoms with Gasteiger partial charge in [-0.3, -0.25) is 0 Å². The van der Waals surface area contributed by atoms with Gasteiger partial charge in [0.1, 0.15) is 5.82 Å². The van der Waals surface area contributed by atoms with Crippen LogP contribution in [0.25, 0.3) is 0 Å². The first-order valence-corrected chi connectivity index (χ1v) is 12.0. The van der Waals surface area contributed by atoms with Crippen molar-refractivity contribution >= 4 is 29.2 Å². The van der Waals surface area contributed by atoms with E-state index >= 15 is 0 Å². The minimum absolute atomic E-state index is 0.0315. The normalized spacial score (nSPS) is 25.3. The summed E-state index contributed by atoms with van der Waals surface area (Å²) >= 11 is 6.41. The number of anilines is 2. The number of aryl methyl sites for hydroxylation is 1. The Bertz CT molecular complexity index is 1030. The highest BCUT2D eigenvalue weighted by Gasteiger charge is 2.36. The van der Waals surface area contributed by atoms with Crippen LogP contribution in [0.4, 0.5) is 16.3 Å². The molecule has 0 spiro atoms. The van der Waals surface area contributed by atoms with Gasteiger partial charge in [-0.15, -0.1) is 0 Å². The second-order valence-corrected chi connectivity index (χ2v) is 9.69. The summed E-state index contributed by atoms with van der Waals surface area (Å²) in [5, 5.41) is 9.78. The third-order valence-electron chi connectivity index (χ3n) is 7.29. The van der Waals surface area contributed by atoms with E-state index in [4.69, 9.17) is 11.6 Å². The van der Waals surface area contributed by atoms with E-state index in [0.29, 0.717) is 19.1 Å². The van der Waals surface area contributed by atoms with Crippen LogP contribution in [0.15, 0.2) is 24.3 Å². The van der Waals surface area contributed by atoms with Gasteiger partial charge in [0.25, 0.3) is 0 Å². The molecule has 32 heavy (non-hydrogen) atoms. The molecule has 1 aromatic heterocycles. The Balaban J connectivity index is 1.43. The Kier molecular flexibility index (Phi) is 5.61. The molecule has 1 fully saturated rings. The minimum atomic E-state index is -0.864. The van der Waals surface area contributed by atoms with Crippen LogP contribution in [0, 0.1) is 0 Å². The van der Waals surface area contributed by atoms with Crippen LogP contribution in [0.2, 0.25) is 5.28 Å². The molecule has 1 N–H and O–H groups in total. The van der Waals surface area contributed by atoms with E-state index in [9.17, 15) is 9.90 Å². The number of halogens is 1. The summed E-state index contributed by atoms with van der Waals surface area (Å²) in [4.78, 5) is 27.2. The minimum Gasteiger partial charge on any atom is -0.465 e. The average molecular weight is 456 g/mol.